The maximum absolute atomic E-state index is 11.8. The van der Waals surface area contributed by atoms with Gasteiger partial charge in [0.2, 0.25) is 5.95 Å². The Morgan fingerprint density at radius 3 is 1.77 bits per heavy atom. The zero-order valence-corrected chi connectivity index (χ0v) is 11.4. The Morgan fingerprint density at radius 2 is 1.36 bits per heavy atom. The van der Waals surface area contributed by atoms with Crippen molar-refractivity contribution in [1.29, 1.82) is 0 Å². The first kappa shape index (κ1) is 15.6. The molecule has 0 aliphatic heterocycles. The Bertz CT molecular complexity index is 694. The van der Waals surface area contributed by atoms with Crippen LogP contribution in [-0.4, -0.2) is 15.2 Å². The lowest BCUT2D eigenvalue weighted by atomic mass is 10.2. The number of hydrogen-bond acceptors (Lipinski definition) is 3. The number of rotatable bonds is 1. The van der Waals surface area contributed by atoms with Crippen LogP contribution < -0.4 is 5.73 Å². The maximum Gasteiger partial charge on any atom is 0.416 e. The Hall–Kier alpha value is -2.83. The Balaban J connectivity index is 0.000000164. The summed E-state index contributed by atoms with van der Waals surface area (Å²) in [6, 6.07) is 16.1. The summed E-state index contributed by atoms with van der Waals surface area (Å²) in [5, 5.41) is 7.52. The highest BCUT2D eigenvalue weighted by atomic mass is 19.4. The summed E-state index contributed by atoms with van der Waals surface area (Å²) in [6.07, 6.45) is -4.21. The minimum absolute atomic E-state index is 0.342. The van der Waals surface area contributed by atoms with Crippen molar-refractivity contribution in [3.8, 4) is 11.4 Å². The van der Waals surface area contributed by atoms with Gasteiger partial charge in [-0.1, -0.05) is 60.7 Å². The van der Waals surface area contributed by atoms with E-state index in [2.05, 4.69) is 15.2 Å². The number of nitrogens with two attached hydrogens (primary N) is 1. The number of H-pyrrole nitrogens is 1. The van der Waals surface area contributed by atoms with Crippen molar-refractivity contribution in [1.82, 2.24) is 15.2 Å². The van der Waals surface area contributed by atoms with Gasteiger partial charge in [0.1, 0.15) is 0 Å². The standard InChI is InChI=1S/C8H8N4.C7H5F3/c9-8-10-7(11-12-8)6-4-2-1-3-5-6;8-7(9,10)6-4-2-1-3-5-6/h1-5H,(H3,9,10,11,12);1-5H. The Kier molecular flexibility index (Phi) is 4.77. The molecule has 3 rings (SSSR count). The van der Waals surface area contributed by atoms with E-state index >= 15 is 0 Å². The normalized spacial score (nSPS) is 10.7. The second-order valence-electron chi connectivity index (χ2n) is 4.29. The van der Waals surface area contributed by atoms with Gasteiger partial charge in [-0.25, -0.2) is 0 Å². The molecule has 0 fully saturated rings. The second kappa shape index (κ2) is 6.75. The molecule has 7 heteroatoms. The van der Waals surface area contributed by atoms with Crippen molar-refractivity contribution >= 4 is 5.95 Å². The molecule has 1 heterocycles. The molecular formula is C15H13F3N4. The van der Waals surface area contributed by atoms with Gasteiger partial charge in [-0.2, -0.15) is 13.2 Å². The number of alkyl halides is 3. The number of aromatic nitrogens is 3. The van der Waals surface area contributed by atoms with Gasteiger partial charge in [-0.3, -0.25) is 0 Å². The molecule has 0 aliphatic carbocycles. The molecule has 0 radical (unpaired) electrons. The number of benzene rings is 2. The van der Waals surface area contributed by atoms with E-state index in [0.717, 1.165) is 17.7 Å². The van der Waals surface area contributed by atoms with E-state index in [1.807, 2.05) is 30.3 Å². The summed E-state index contributed by atoms with van der Waals surface area (Å²) >= 11 is 0. The lowest BCUT2D eigenvalue weighted by molar-refractivity contribution is -0.137. The van der Waals surface area contributed by atoms with Crippen LogP contribution in [-0.2, 0) is 6.18 Å². The fourth-order valence-electron chi connectivity index (χ4n) is 1.63. The van der Waals surface area contributed by atoms with Crippen molar-refractivity contribution < 1.29 is 13.2 Å². The highest BCUT2D eigenvalue weighted by Crippen LogP contribution is 2.28. The van der Waals surface area contributed by atoms with E-state index in [0.29, 0.717) is 11.8 Å². The van der Waals surface area contributed by atoms with Gasteiger partial charge in [0.05, 0.1) is 5.56 Å². The monoisotopic (exact) mass is 306 g/mol. The van der Waals surface area contributed by atoms with E-state index in [4.69, 9.17) is 5.73 Å². The smallest absolute Gasteiger partial charge is 0.368 e. The maximum atomic E-state index is 11.8. The molecule has 1 aromatic heterocycles. The molecule has 0 unspecified atom stereocenters. The summed E-state index contributed by atoms with van der Waals surface area (Å²) in [5.74, 6) is 1.04. The molecule has 4 nitrogen and oxygen atoms in total. The summed E-state index contributed by atoms with van der Waals surface area (Å²) in [6.45, 7) is 0. The third-order valence-electron chi connectivity index (χ3n) is 2.65. The number of nitrogen functional groups attached to an aromatic ring is 1. The third-order valence-corrected chi connectivity index (χ3v) is 2.65. The fourth-order valence-corrected chi connectivity index (χ4v) is 1.63. The van der Waals surface area contributed by atoms with Crippen molar-refractivity contribution in [2.24, 2.45) is 0 Å². The molecule has 3 N–H and O–H groups in total. The van der Waals surface area contributed by atoms with E-state index in [1.54, 1.807) is 6.07 Å². The van der Waals surface area contributed by atoms with Gasteiger partial charge in [0, 0.05) is 5.56 Å². The molecule has 0 saturated heterocycles. The van der Waals surface area contributed by atoms with Gasteiger partial charge in [-0.05, 0) is 0 Å². The first-order valence-electron chi connectivity index (χ1n) is 6.32. The summed E-state index contributed by atoms with van der Waals surface area (Å²) in [7, 11) is 0. The van der Waals surface area contributed by atoms with Crippen molar-refractivity contribution in [2.45, 2.75) is 6.18 Å². The minimum atomic E-state index is -4.21. The predicted octanol–water partition coefficient (Wildman–Crippen LogP) is 3.76. The van der Waals surface area contributed by atoms with Crippen LogP contribution in [0, 0.1) is 0 Å². The highest BCUT2D eigenvalue weighted by Gasteiger charge is 2.29. The number of nitrogens with zero attached hydrogens (tertiary/aromatic N) is 2. The summed E-state index contributed by atoms with van der Waals surface area (Å²) in [5.41, 5.74) is 5.77. The molecule has 0 aliphatic rings. The number of aromatic amines is 1. The molecular weight excluding hydrogens is 293 g/mol. The number of nitrogens with one attached hydrogen (secondary N) is 1. The summed E-state index contributed by atoms with van der Waals surface area (Å²) < 4.78 is 35.4. The van der Waals surface area contributed by atoms with Crippen LogP contribution in [0.4, 0.5) is 19.1 Å². The quantitative estimate of drug-likeness (QED) is 0.719. The lowest BCUT2D eigenvalue weighted by Crippen LogP contribution is -2.03. The van der Waals surface area contributed by atoms with Crippen LogP contribution in [0.1, 0.15) is 5.56 Å². The van der Waals surface area contributed by atoms with Crippen LogP contribution in [0.25, 0.3) is 11.4 Å². The van der Waals surface area contributed by atoms with Crippen molar-refractivity contribution in [3.63, 3.8) is 0 Å². The van der Waals surface area contributed by atoms with Gasteiger partial charge < -0.3 is 10.7 Å². The van der Waals surface area contributed by atoms with Gasteiger partial charge >= 0.3 is 6.18 Å². The first-order valence-corrected chi connectivity index (χ1v) is 6.32. The van der Waals surface area contributed by atoms with Crippen LogP contribution in [0.3, 0.4) is 0 Å². The molecule has 0 amide bonds. The average Bonchev–Trinajstić information content (AvgIpc) is 2.96. The number of hydrogen-bond donors (Lipinski definition) is 2. The number of anilines is 1. The van der Waals surface area contributed by atoms with Crippen LogP contribution in [0.2, 0.25) is 0 Å². The largest absolute Gasteiger partial charge is 0.416 e. The van der Waals surface area contributed by atoms with E-state index < -0.39 is 11.7 Å². The molecule has 0 atom stereocenters. The van der Waals surface area contributed by atoms with E-state index in [-0.39, 0.29) is 0 Å². The van der Waals surface area contributed by atoms with Gasteiger partial charge in [0.25, 0.3) is 0 Å². The second-order valence-corrected chi connectivity index (χ2v) is 4.29. The highest BCUT2D eigenvalue weighted by molar-refractivity contribution is 5.55. The predicted molar refractivity (Wildman–Crippen MR) is 77.7 cm³/mol. The fraction of sp³-hybridized carbons (Fsp3) is 0.0667. The third kappa shape index (κ3) is 4.34. The Morgan fingerprint density at radius 1 is 0.818 bits per heavy atom. The van der Waals surface area contributed by atoms with Crippen molar-refractivity contribution in [2.75, 3.05) is 5.73 Å². The van der Waals surface area contributed by atoms with Crippen LogP contribution in [0.5, 0.6) is 0 Å². The molecule has 0 spiro atoms. The summed E-state index contributed by atoms with van der Waals surface area (Å²) in [4.78, 5) is 2.85. The van der Waals surface area contributed by atoms with E-state index in [9.17, 15) is 13.2 Å². The minimum Gasteiger partial charge on any atom is -0.368 e. The zero-order chi connectivity index (χ0) is 16.0. The molecule has 114 valence electrons. The SMILES string of the molecule is FC(F)(F)c1ccccc1.Nc1nnc(-c2ccccc2)[nH]1. The topological polar surface area (TPSA) is 67.6 Å². The Labute approximate surface area is 124 Å². The average molecular weight is 306 g/mol. The van der Waals surface area contributed by atoms with Gasteiger partial charge in [0.15, 0.2) is 5.82 Å². The molecule has 3 aromatic rings. The van der Waals surface area contributed by atoms with Gasteiger partial charge in [-0.15, -0.1) is 10.2 Å². The van der Waals surface area contributed by atoms with Crippen LogP contribution in [0.15, 0.2) is 60.7 Å². The van der Waals surface area contributed by atoms with Crippen molar-refractivity contribution in [3.05, 3.63) is 66.2 Å². The number of halogens is 3. The molecule has 0 bridgehead atoms. The molecule has 22 heavy (non-hydrogen) atoms. The molecule has 2 aromatic carbocycles. The molecule has 0 saturated carbocycles. The first-order chi connectivity index (χ1) is 10.5. The van der Waals surface area contributed by atoms with E-state index in [1.165, 1.54) is 12.1 Å². The zero-order valence-electron chi connectivity index (χ0n) is 11.4. The lowest BCUT2D eigenvalue weighted by Gasteiger charge is -2.03. The van der Waals surface area contributed by atoms with Crippen LogP contribution >= 0.6 is 0 Å².